The molecule has 0 aliphatic rings. The fourth-order valence-corrected chi connectivity index (χ4v) is 6.68. The average molecular weight is 1670 g/mol. The Balaban J connectivity index is 0.000000292. The minimum atomic E-state index is -1.40. The quantitative estimate of drug-likeness (QED) is 0.0840. The van der Waals surface area contributed by atoms with Crippen molar-refractivity contribution >= 4 is 160 Å². The third-order valence-corrected chi connectivity index (χ3v) is 10.6. The second-order valence-electron chi connectivity index (χ2n) is 16.1. The largest absolute Gasteiger partial charge is 0.490 e. The molecule has 73 heavy (non-hydrogen) atoms. The molecule has 0 aliphatic heterocycles. The fourth-order valence-electron chi connectivity index (χ4n) is 6.52. The number of benzene rings is 2. The summed E-state index contributed by atoms with van der Waals surface area (Å²) in [6.07, 6.45) is 13.4. The number of halogens is 7. The normalized spacial score (nSPS) is 10.5. The van der Waals surface area contributed by atoms with Crippen LogP contribution >= 0.6 is 147 Å². The first kappa shape index (κ1) is 64.0. The fraction of sp³-hybridized carbons (Fsp3) is 0.216. The Bertz CT molecular complexity index is 3170. The van der Waals surface area contributed by atoms with E-state index in [-0.39, 0.29) is 11.4 Å². The molecular weight excluding hydrogens is 1620 g/mol. The molecule has 0 radical (unpaired) electrons. The molecule has 14 nitrogen and oxygen atoms in total. The highest BCUT2D eigenvalue weighted by Crippen LogP contribution is 2.29. The van der Waals surface area contributed by atoms with Gasteiger partial charge in [-0.3, -0.25) is 29.1 Å². The van der Waals surface area contributed by atoms with Crippen LogP contribution in [0.4, 0.5) is 0 Å². The van der Waals surface area contributed by atoms with Crippen LogP contribution in [-0.4, -0.2) is 62.7 Å². The molecule has 0 spiro atoms. The van der Waals surface area contributed by atoms with E-state index in [1.54, 1.807) is 95.4 Å². The second kappa shape index (κ2) is 31.7. The number of alkyl halides is 6. The van der Waals surface area contributed by atoms with Gasteiger partial charge in [0.1, 0.15) is -0.0619 Å². The summed E-state index contributed by atoms with van der Waals surface area (Å²) in [4.78, 5) is 44.2. The molecule has 8 rings (SSSR count). The molecule has 380 valence electrons. The van der Waals surface area contributed by atoms with Gasteiger partial charge in [0.25, 0.3) is 0 Å². The first-order chi connectivity index (χ1) is 34.7. The first-order valence-corrected chi connectivity index (χ1v) is 30.8. The molecule has 0 amide bonds. The summed E-state index contributed by atoms with van der Waals surface area (Å²) in [5.74, 6) is 0. The summed E-state index contributed by atoms with van der Waals surface area (Å²) in [7, 11) is 2.01. The Morgan fingerprint density at radius 1 is 0.644 bits per heavy atom. The zero-order valence-corrected chi connectivity index (χ0v) is 54.2. The molecule has 6 aromatic heterocycles. The third-order valence-electron chi connectivity index (χ3n) is 10.3. The Kier molecular flexibility index (Phi) is 27.8. The maximum absolute atomic E-state index is 12.9. The van der Waals surface area contributed by atoms with E-state index in [9.17, 15) is 20.1 Å². The van der Waals surface area contributed by atoms with Crippen LogP contribution in [0.15, 0.2) is 156 Å². The van der Waals surface area contributed by atoms with E-state index in [2.05, 4.69) is 168 Å². The highest BCUT2D eigenvalue weighted by molar-refractivity contribution is 14.3. The van der Waals surface area contributed by atoms with Gasteiger partial charge >= 0.3 is 18.5 Å². The van der Waals surface area contributed by atoms with Crippen molar-refractivity contribution in [2.45, 2.75) is 38.5 Å². The van der Waals surface area contributed by atoms with Crippen LogP contribution in [0.1, 0.15) is 38.8 Å². The van der Waals surface area contributed by atoms with Crippen LogP contribution in [0.25, 0.3) is 45.3 Å². The lowest BCUT2D eigenvalue weighted by atomic mass is 9.82. The topological polar surface area (TPSA) is 193 Å². The second-order valence-corrected chi connectivity index (χ2v) is 31.9. The van der Waals surface area contributed by atoms with Crippen molar-refractivity contribution in [1.82, 2.24) is 38.2 Å². The van der Waals surface area contributed by atoms with Gasteiger partial charge in [-0.25, -0.2) is 9.59 Å². The maximum atomic E-state index is 12.9. The summed E-state index contributed by atoms with van der Waals surface area (Å²) >= 11 is 19.7. The van der Waals surface area contributed by atoms with Crippen LogP contribution < -0.4 is 16.8 Å². The number of aromatic nitrogens is 8. The lowest BCUT2D eigenvalue weighted by Gasteiger charge is -2.16. The average Bonchev–Trinajstić information content (AvgIpc) is 3.87. The summed E-state index contributed by atoms with van der Waals surface area (Å²) in [6.45, 7) is 7.46. The number of aryl methyl sites for hydroxylation is 2. The van der Waals surface area contributed by atoms with Crippen molar-refractivity contribution in [3.63, 3.8) is 0 Å². The minimum Gasteiger partial charge on any atom is -0.423 e. The van der Waals surface area contributed by atoms with Crippen molar-refractivity contribution in [2.75, 3.05) is 7.36 Å². The van der Waals surface area contributed by atoms with Gasteiger partial charge in [-0.1, -0.05) is 184 Å². The Morgan fingerprint density at radius 3 is 1.41 bits per heavy atom. The molecule has 0 fully saturated rings. The lowest BCUT2D eigenvalue weighted by Crippen LogP contribution is -2.29. The van der Waals surface area contributed by atoms with Crippen molar-refractivity contribution in [3.05, 3.63) is 184 Å². The molecule has 8 aromatic rings. The zero-order chi connectivity index (χ0) is 54.5. The summed E-state index contributed by atoms with van der Waals surface area (Å²) < 4.78 is 8.20. The number of nitriles is 2. The van der Waals surface area contributed by atoms with Gasteiger partial charge in [-0.05, 0) is 110 Å². The van der Waals surface area contributed by atoms with E-state index >= 15 is 0 Å². The number of rotatable bonds is 8. The van der Waals surface area contributed by atoms with E-state index in [0.29, 0.717) is 38.9 Å². The summed E-state index contributed by atoms with van der Waals surface area (Å²) in [5.41, 5.74) is 6.73. The highest BCUT2D eigenvalue weighted by atomic mass is 127. The number of imidazole rings is 2. The molecule has 2 aromatic carbocycles. The van der Waals surface area contributed by atoms with E-state index in [1.807, 2.05) is 105 Å². The molecular formula is C51H50BClI6N10O4. The third kappa shape index (κ3) is 19.0. The van der Waals surface area contributed by atoms with Gasteiger partial charge < -0.3 is 19.2 Å². The van der Waals surface area contributed by atoms with Gasteiger partial charge in [0, 0.05) is 79.7 Å². The van der Waals surface area contributed by atoms with Gasteiger partial charge in [0.05, 0.1) is 59.6 Å². The van der Waals surface area contributed by atoms with Crippen LogP contribution in [0.2, 0.25) is 5.02 Å². The van der Waals surface area contributed by atoms with E-state index < -0.39 is 17.9 Å². The number of hydrogen-bond acceptors (Lipinski definition) is 10. The van der Waals surface area contributed by atoms with Gasteiger partial charge in [0.15, 0.2) is 0 Å². The van der Waals surface area contributed by atoms with Crippen LogP contribution in [0.5, 0.6) is 0 Å². The number of nitrogens with zero attached hydrogens (tertiary/aromatic N) is 10. The lowest BCUT2D eigenvalue weighted by molar-refractivity contribution is 0.425. The Morgan fingerprint density at radius 2 is 1.05 bits per heavy atom. The van der Waals surface area contributed by atoms with Crippen molar-refractivity contribution in [3.8, 4) is 57.4 Å². The van der Waals surface area contributed by atoms with E-state index in [1.165, 1.54) is 13.2 Å². The standard InChI is InChI=1S/C24H21N5O.C19H17ClN4O.C5H6BNO2.CHI3.CH2I2.CH3I/c1-24(2,16-25)19-6-8-20(9-7-19)29-22(15-28(3)23(29)30)21-13-17(10-12-27-21)18-5-4-11-26-14-18;1-19(2,12-21)13-4-6-15(7-5-13)24-17(11-23(3)18(24)25)16-10-14(20)8-9-22-16;8-6(9)5-2-1-3-7-4-5;2-1(3)4;2-1-3;1-2/h4-15H,1-3H3;4-11H,1-3H3;1-4,8-9H;1H;1H2;1H3. The molecule has 0 unspecified atom stereocenters. The Hall–Kier alpha value is -3.31. The predicted octanol–water partition coefficient (Wildman–Crippen LogP) is 12.0. The van der Waals surface area contributed by atoms with Crippen molar-refractivity contribution < 1.29 is 10.0 Å². The molecule has 0 atom stereocenters. The SMILES string of the molecule is CI.Cn1cc(-c2cc(-c3cccnc3)ccn2)n(-c2ccc(C(C)(C)C#N)cc2)c1=O.Cn1cc(-c2cc(Cl)ccn2)n(-c2ccc(C(C)(C)C#N)cc2)c1=O.IC(I)I.ICI.OB(O)c1cccnc1. The maximum Gasteiger partial charge on any atom is 0.490 e. The summed E-state index contributed by atoms with van der Waals surface area (Å²) in [6, 6.07) is 33.9. The molecule has 2 N–H and O–H groups in total. The predicted molar refractivity (Wildman–Crippen MR) is 347 cm³/mol. The van der Waals surface area contributed by atoms with E-state index in [0.717, 1.165) is 27.9 Å². The molecule has 0 saturated heterocycles. The summed E-state index contributed by atoms with van der Waals surface area (Å²) in [5, 5.41) is 36.3. The van der Waals surface area contributed by atoms with Gasteiger partial charge in [-0.2, -0.15) is 10.5 Å². The highest BCUT2D eigenvalue weighted by Gasteiger charge is 2.22. The van der Waals surface area contributed by atoms with Crippen LogP contribution in [0, 0.1) is 22.7 Å². The minimum absolute atomic E-state index is 0.161. The van der Waals surface area contributed by atoms with Crippen molar-refractivity contribution in [1.29, 1.82) is 10.5 Å². The monoisotopic (exact) mass is 1670 g/mol. The Labute approximate surface area is 513 Å². The van der Waals surface area contributed by atoms with Gasteiger partial charge in [0.2, 0.25) is 0 Å². The molecule has 22 heteroatoms. The molecule has 0 saturated carbocycles. The zero-order valence-electron chi connectivity index (χ0n) is 40.5. The smallest absolute Gasteiger partial charge is 0.423 e. The molecule has 0 bridgehead atoms. The first-order valence-electron chi connectivity index (χ1n) is 21.5. The van der Waals surface area contributed by atoms with Crippen molar-refractivity contribution in [2.24, 2.45) is 14.1 Å². The number of pyridine rings is 4. The molecule has 0 aliphatic carbocycles. The van der Waals surface area contributed by atoms with Crippen LogP contribution in [0.3, 0.4) is 0 Å². The molecule has 6 heterocycles. The van der Waals surface area contributed by atoms with E-state index in [4.69, 9.17) is 21.6 Å². The van der Waals surface area contributed by atoms with Gasteiger partial charge in [-0.15, -0.1) is 0 Å². The number of hydrogen-bond donors (Lipinski definition) is 2. The van der Waals surface area contributed by atoms with Crippen LogP contribution in [-0.2, 0) is 24.9 Å².